The van der Waals surface area contributed by atoms with Crippen molar-refractivity contribution in [2.45, 2.75) is 65.2 Å². The highest BCUT2D eigenvalue weighted by atomic mass is 19.1. The summed E-state index contributed by atoms with van der Waals surface area (Å²) in [5, 5.41) is 0. The topological polar surface area (TPSA) is 0 Å². The Bertz CT molecular complexity index is 535. The minimum absolute atomic E-state index is 0.131. The van der Waals surface area contributed by atoms with Crippen LogP contribution in [0.15, 0.2) is 35.4 Å². The molecule has 2 aliphatic rings. The first-order valence-electron chi connectivity index (χ1n) is 8.44. The number of allylic oxidation sites excluding steroid dienone is 2. The van der Waals surface area contributed by atoms with Gasteiger partial charge in [-0.05, 0) is 73.5 Å². The quantitative estimate of drug-likeness (QED) is 0.565. The van der Waals surface area contributed by atoms with Gasteiger partial charge in [0, 0.05) is 0 Å². The maximum Gasteiger partial charge on any atom is 0.123 e. The monoisotopic (exact) mass is 286 g/mol. The molecule has 0 nitrogen and oxygen atoms in total. The molecule has 0 aromatic heterocycles. The second-order valence-corrected chi connectivity index (χ2v) is 7.66. The molecule has 1 aromatic carbocycles. The molecule has 0 heterocycles. The number of hydrogen-bond acceptors (Lipinski definition) is 0. The van der Waals surface area contributed by atoms with Crippen molar-refractivity contribution in [3.05, 3.63) is 46.8 Å². The van der Waals surface area contributed by atoms with E-state index in [9.17, 15) is 4.39 Å². The van der Waals surface area contributed by atoms with Gasteiger partial charge in [-0.15, -0.1) is 0 Å². The molecular weight excluding hydrogens is 259 g/mol. The Hall–Kier alpha value is -1.11. The molecule has 0 bridgehead atoms. The van der Waals surface area contributed by atoms with Crippen LogP contribution in [-0.2, 0) is 0 Å². The summed E-state index contributed by atoms with van der Waals surface area (Å²) in [6, 6.07) is 7.14. The lowest BCUT2D eigenvalue weighted by atomic mass is 9.63. The molecule has 0 amide bonds. The molecule has 1 aromatic rings. The molecule has 114 valence electrons. The van der Waals surface area contributed by atoms with Crippen molar-refractivity contribution in [3.63, 3.8) is 0 Å². The van der Waals surface area contributed by atoms with Crippen LogP contribution in [0.4, 0.5) is 4.39 Å². The van der Waals surface area contributed by atoms with Crippen LogP contribution in [0.25, 0.3) is 0 Å². The smallest absolute Gasteiger partial charge is 0.123 e. The molecule has 0 N–H and O–H groups in total. The van der Waals surface area contributed by atoms with Crippen LogP contribution in [0.5, 0.6) is 0 Å². The van der Waals surface area contributed by atoms with Gasteiger partial charge >= 0.3 is 0 Å². The van der Waals surface area contributed by atoms with Crippen LogP contribution in [0, 0.1) is 17.2 Å². The molecule has 2 aliphatic carbocycles. The molecular formula is C20H27F. The summed E-state index contributed by atoms with van der Waals surface area (Å²) in [6.45, 7) is 7.16. The first-order chi connectivity index (χ1) is 9.97. The molecule has 3 rings (SSSR count). The second-order valence-electron chi connectivity index (χ2n) is 7.66. The Balaban J connectivity index is 1.79. The van der Waals surface area contributed by atoms with Crippen molar-refractivity contribution in [3.8, 4) is 0 Å². The average molecular weight is 286 g/mol. The van der Waals surface area contributed by atoms with Gasteiger partial charge in [0.2, 0.25) is 0 Å². The molecule has 0 fully saturated rings. The van der Waals surface area contributed by atoms with Gasteiger partial charge in [0.1, 0.15) is 5.82 Å². The zero-order valence-corrected chi connectivity index (χ0v) is 13.6. The number of benzene rings is 1. The Morgan fingerprint density at radius 2 is 1.86 bits per heavy atom. The Morgan fingerprint density at radius 1 is 1.14 bits per heavy atom. The molecule has 0 saturated carbocycles. The Labute approximate surface area is 128 Å². The van der Waals surface area contributed by atoms with Gasteiger partial charge < -0.3 is 0 Å². The van der Waals surface area contributed by atoms with Gasteiger partial charge in [0.25, 0.3) is 0 Å². The van der Waals surface area contributed by atoms with Crippen molar-refractivity contribution in [1.82, 2.24) is 0 Å². The van der Waals surface area contributed by atoms with Crippen molar-refractivity contribution in [1.29, 1.82) is 0 Å². The summed E-state index contributed by atoms with van der Waals surface area (Å²) in [5.74, 6) is 1.11. The summed E-state index contributed by atoms with van der Waals surface area (Å²) >= 11 is 0. The lowest BCUT2D eigenvalue weighted by Crippen LogP contribution is -2.27. The van der Waals surface area contributed by atoms with E-state index in [-0.39, 0.29) is 5.82 Å². The first kappa shape index (κ1) is 14.8. The highest BCUT2D eigenvalue weighted by Gasteiger charge is 2.35. The van der Waals surface area contributed by atoms with Crippen molar-refractivity contribution < 1.29 is 4.39 Å². The summed E-state index contributed by atoms with van der Waals surface area (Å²) in [6.07, 6.45) is 7.87. The zero-order chi connectivity index (χ0) is 15.0. The minimum atomic E-state index is -0.131. The number of rotatable bonds is 2. The maximum absolute atomic E-state index is 13.1. The largest absolute Gasteiger partial charge is 0.207 e. The molecule has 0 aliphatic heterocycles. The van der Waals surface area contributed by atoms with Gasteiger partial charge in [-0.25, -0.2) is 4.39 Å². The average Bonchev–Trinajstić information content (AvgIpc) is 2.47. The highest BCUT2D eigenvalue weighted by molar-refractivity contribution is 5.29. The van der Waals surface area contributed by atoms with Crippen molar-refractivity contribution in [2.75, 3.05) is 0 Å². The standard InChI is InChI=1S/C20H27F/c1-14(15-8-10-18(21)11-9-15)17-7-6-16-5-4-12-20(2,3)19(16)13-17/h8-11,14,17H,4-7,12-13H2,1-3H3. The van der Waals surface area contributed by atoms with Gasteiger partial charge in [-0.3, -0.25) is 0 Å². The summed E-state index contributed by atoms with van der Waals surface area (Å²) in [5.41, 5.74) is 5.20. The van der Waals surface area contributed by atoms with Crippen LogP contribution in [0.2, 0.25) is 0 Å². The predicted molar refractivity (Wildman–Crippen MR) is 86.8 cm³/mol. The molecule has 2 unspecified atom stereocenters. The van der Waals surface area contributed by atoms with E-state index in [4.69, 9.17) is 0 Å². The minimum Gasteiger partial charge on any atom is -0.207 e. The molecule has 2 atom stereocenters. The summed E-state index contributed by atoms with van der Waals surface area (Å²) in [4.78, 5) is 0. The normalized spacial score (nSPS) is 26.4. The van der Waals surface area contributed by atoms with Crippen molar-refractivity contribution >= 4 is 0 Å². The predicted octanol–water partition coefficient (Wildman–Crippen LogP) is 6.24. The zero-order valence-electron chi connectivity index (χ0n) is 13.6. The van der Waals surface area contributed by atoms with Crippen LogP contribution in [-0.4, -0.2) is 0 Å². The van der Waals surface area contributed by atoms with Gasteiger partial charge in [0.15, 0.2) is 0 Å². The maximum atomic E-state index is 13.1. The van der Waals surface area contributed by atoms with E-state index in [1.165, 1.54) is 44.1 Å². The van der Waals surface area contributed by atoms with Gasteiger partial charge in [0.05, 0.1) is 0 Å². The SMILES string of the molecule is CC(c1ccc(F)cc1)C1CCC2=C(C1)C(C)(C)CCC2. The fourth-order valence-corrected chi connectivity index (χ4v) is 4.41. The third-order valence-corrected chi connectivity index (χ3v) is 5.91. The van der Waals surface area contributed by atoms with Gasteiger partial charge in [-0.2, -0.15) is 0 Å². The summed E-state index contributed by atoms with van der Waals surface area (Å²) < 4.78 is 13.1. The van der Waals surface area contributed by atoms with Crippen LogP contribution >= 0.6 is 0 Å². The van der Waals surface area contributed by atoms with Crippen LogP contribution in [0.1, 0.15) is 70.8 Å². The van der Waals surface area contributed by atoms with E-state index in [1.807, 2.05) is 12.1 Å². The molecule has 0 radical (unpaired) electrons. The highest BCUT2D eigenvalue weighted by Crippen LogP contribution is 2.50. The molecule has 1 heteroatoms. The third kappa shape index (κ3) is 2.93. The molecule has 21 heavy (non-hydrogen) atoms. The Morgan fingerprint density at radius 3 is 2.57 bits per heavy atom. The third-order valence-electron chi connectivity index (χ3n) is 5.91. The van der Waals surface area contributed by atoms with E-state index < -0.39 is 0 Å². The van der Waals surface area contributed by atoms with Crippen LogP contribution < -0.4 is 0 Å². The van der Waals surface area contributed by atoms with E-state index in [1.54, 1.807) is 23.3 Å². The molecule has 0 spiro atoms. The fourth-order valence-electron chi connectivity index (χ4n) is 4.41. The fraction of sp³-hybridized carbons (Fsp3) is 0.600. The second kappa shape index (κ2) is 5.59. The van der Waals surface area contributed by atoms with E-state index in [0.717, 1.165) is 0 Å². The molecule has 0 saturated heterocycles. The first-order valence-corrected chi connectivity index (χ1v) is 8.44. The lowest BCUT2D eigenvalue weighted by Gasteiger charge is -2.42. The summed E-state index contributed by atoms with van der Waals surface area (Å²) in [7, 11) is 0. The van der Waals surface area contributed by atoms with Crippen LogP contribution in [0.3, 0.4) is 0 Å². The van der Waals surface area contributed by atoms with E-state index >= 15 is 0 Å². The van der Waals surface area contributed by atoms with Gasteiger partial charge in [-0.1, -0.05) is 44.1 Å². The van der Waals surface area contributed by atoms with E-state index in [2.05, 4.69) is 20.8 Å². The lowest BCUT2D eigenvalue weighted by molar-refractivity contribution is 0.287. The number of hydrogen-bond donors (Lipinski definition) is 0. The number of halogens is 1. The Kier molecular flexibility index (Phi) is 3.94. The van der Waals surface area contributed by atoms with E-state index in [0.29, 0.717) is 17.3 Å². The van der Waals surface area contributed by atoms with Crippen molar-refractivity contribution in [2.24, 2.45) is 11.3 Å².